The van der Waals surface area contributed by atoms with Crippen LogP contribution in [-0.2, 0) is 9.59 Å². The third-order valence-electron chi connectivity index (χ3n) is 3.70. The SMILES string of the molecule is O=C(CCN1C(=O)/C(=C\c2ccco2)SC1=S)N1CCCC1. The Kier molecular flexibility index (Phi) is 4.63. The standard InChI is InChI=1S/C15H16N2O3S2/c18-13(16-6-1-2-7-16)5-8-17-14(19)12(22-15(17)21)10-11-4-3-9-20-11/h3-4,9-10H,1-2,5-8H2/b12-10+. The third-order valence-corrected chi connectivity index (χ3v) is 5.08. The minimum Gasteiger partial charge on any atom is -0.465 e. The summed E-state index contributed by atoms with van der Waals surface area (Å²) in [5.74, 6) is 0.566. The normalized spacial score (nSPS) is 20.5. The highest BCUT2D eigenvalue weighted by Gasteiger charge is 2.32. The number of hydrogen-bond acceptors (Lipinski definition) is 5. The second-order valence-electron chi connectivity index (χ2n) is 5.19. The van der Waals surface area contributed by atoms with Crippen molar-refractivity contribution in [2.24, 2.45) is 0 Å². The van der Waals surface area contributed by atoms with Gasteiger partial charge in [0.25, 0.3) is 5.91 Å². The minimum atomic E-state index is -0.152. The van der Waals surface area contributed by atoms with E-state index in [4.69, 9.17) is 16.6 Å². The molecule has 3 heterocycles. The first-order valence-electron chi connectivity index (χ1n) is 7.22. The Bertz CT molecular complexity index is 619. The van der Waals surface area contributed by atoms with Crippen LogP contribution in [0.5, 0.6) is 0 Å². The zero-order chi connectivity index (χ0) is 15.5. The third kappa shape index (κ3) is 3.25. The Labute approximate surface area is 138 Å². The zero-order valence-corrected chi connectivity index (χ0v) is 13.6. The quantitative estimate of drug-likeness (QED) is 0.625. The maximum atomic E-state index is 12.4. The van der Waals surface area contributed by atoms with Crippen LogP contribution in [-0.4, -0.2) is 45.6 Å². The van der Waals surface area contributed by atoms with E-state index in [1.165, 1.54) is 16.7 Å². The van der Waals surface area contributed by atoms with E-state index in [1.54, 1.807) is 24.5 Å². The van der Waals surface area contributed by atoms with E-state index in [0.29, 0.717) is 28.0 Å². The molecule has 5 nitrogen and oxygen atoms in total. The topological polar surface area (TPSA) is 53.8 Å². The van der Waals surface area contributed by atoms with Gasteiger partial charge in [0.1, 0.15) is 10.1 Å². The van der Waals surface area contributed by atoms with Crippen molar-refractivity contribution in [3.05, 3.63) is 29.1 Å². The van der Waals surface area contributed by atoms with Gasteiger partial charge in [-0.1, -0.05) is 24.0 Å². The maximum absolute atomic E-state index is 12.4. The van der Waals surface area contributed by atoms with Crippen molar-refractivity contribution >= 4 is 46.2 Å². The van der Waals surface area contributed by atoms with Crippen molar-refractivity contribution in [2.75, 3.05) is 19.6 Å². The minimum absolute atomic E-state index is 0.0987. The van der Waals surface area contributed by atoms with Gasteiger partial charge in [-0.2, -0.15) is 0 Å². The van der Waals surface area contributed by atoms with Crippen molar-refractivity contribution in [1.29, 1.82) is 0 Å². The molecule has 0 atom stereocenters. The average Bonchev–Trinajstić information content (AvgIpc) is 3.22. The van der Waals surface area contributed by atoms with Crippen LogP contribution in [0.3, 0.4) is 0 Å². The molecule has 0 bridgehead atoms. The number of rotatable bonds is 4. The number of carbonyl (C=O) groups excluding carboxylic acids is 2. The van der Waals surface area contributed by atoms with Crippen LogP contribution < -0.4 is 0 Å². The molecule has 3 rings (SSSR count). The highest BCUT2D eigenvalue weighted by molar-refractivity contribution is 8.26. The summed E-state index contributed by atoms with van der Waals surface area (Å²) >= 11 is 6.50. The van der Waals surface area contributed by atoms with Gasteiger partial charge in [-0.25, -0.2) is 0 Å². The molecule has 2 fully saturated rings. The predicted molar refractivity (Wildman–Crippen MR) is 89.0 cm³/mol. The number of furan rings is 1. The van der Waals surface area contributed by atoms with Crippen molar-refractivity contribution < 1.29 is 14.0 Å². The molecular formula is C15H16N2O3S2. The van der Waals surface area contributed by atoms with Crippen LogP contribution >= 0.6 is 24.0 Å². The monoisotopic (exact) mass is 336 g/mol. The number of amides is 2. The zero-order valence-electron chi connectivity index (χ0n) is 12.0. The first kappa shape index (κ1) is 15.3. The summed E-state index contributed by atoms with van der Waals surface area (Å²) in [4.78, 5) is 28.3. The van der Waals surface area contributed by atoms with Crippen LogP contribution in [0.15, 0.2) is 27.7 Å². The number of thioether (sulfide) groups is 1. The Hall–Kier alpha value is -1.60. The fraction of sp³-hybridized carbons (Fsp3) is 0.400. The molecule has 0 aliphatic carbocycles. The van der Waals surface area contributed by atoms with Crippen LogP contribution in [0.4, 0.5) is 0 Å². The molecule has 0 saturated carbocycles. The van der Waals surface area contributed by atoms with Gasteiger partial charge in [-0.05, 0) is 25.0 Å². The number of nitrogens with zero attached hydrogens (tertiary/aromatic N) is 2. The van der Waals surface area contributed by atoms with Gasteiger partial charge >= 0.3 is 0 Å². The summed E-state index contributed by atoms with van der Waals surface area (Å²) < 4.78 is 5.71. The van der Waals surface area contributed by atoms with E-state index < -0.39 is 0 Å². The molecule has 2 saturated heterocycles. The Morgan fingerprint density at radius 2 is 2.18 bits per heavy atom. The lowest BCUT2D eigenvalue weighted by Crippen LogP contribution is -2.34. The fourth-order valence-electron chi connectivity index (χ4n) is 2.53. The molecule has 0 spiro atoms. The van der Waals surface area contributed by atoms with Gasteiger partial charge in [0.05, 0.1) is 11.2 Å². The van der Waals surface area contributed by atoms with Gasteiger partial charge in [-0.15, -0.1) is 0 Å². The van der Waals surface area contributed by atoms with Crippen molar-refractivity contribution in [1.82, 2.24) is 9.80 Å². The smallest absolute Gasteiger partial charge is 0.266 e. The first-order chi connectivity index (χ1) is 10.6. The molecule has 2 aliphatic heterocycles. The molecule has 0 aromatic carbocycles. The first-order valence-corrected chi connectivity index (χ1v) is 8.44. The Morgan fingerprint density at radius 3 is 2.86 bits per heavy atom. The van der Waals surface area contributed by atoms with E-state index in [1.807, 2.05) is 4.90 Å². The van der Waals surface area contributed by atoms with E-state index in [9.17, 15) is 9.59 Å². The largest absolute Gasteiger partial charge is 0.465 e. The van der Waals surface area contributed by atoms with Gasteiger partial charge in [-0.3, -0.25) is 14.5 Å². The number of likely N-dealkylation sites (tertiary alicyclic amines) is 1. The van der Waals surface area contributed by atoms with Crippen LogP contribution in [0, 0.1) is 0 Å². The van der Waals surface area contributed by atoms with E-state index in [2.05, 4.69) is 0 Å². The molecule has 0 unspecified atom stereocenters. The van der Waals surface area contributed by atoms with E-state index in [-0.39, 0.29) is 11.8 Å². The van der Waals surface area contributed by atoms with E-state index >= 15 is 0 Å². The molecule has 2 amide bonds. The van der Waals surface area contributed by atoms with Gasteiger partial charge in [0.2, 0.25) is 5.91 Å². The van der Waals surface area contributed by atoms with Crippen molar-refractivity contribution in [3.8, 4) is 0 Å². The van der Waals surface area contributed by atoms with E-state index in [0.717, 1.165) is 25.9 Å². The van der Waals surface area contributed by atoms with Gasteiger partial charge < -0.3 is 9.32 Å². The highest BCUT2D eigenvalue weighted by Crippen LogP contribution is 2.32. The van der Waals surface area contributed by atoms with Crippen LogP contribution in [0.2, 0.25) is 0 Å². The lowest BCUT2D eigenvalue weighted by molar-refractivity contribution is -0.130. The molecule has 116 valence electrons. The summed E-state index contributed by atoms with van der Waals surface area (Å²) in [5.41, 5.74) is 0. The van der Waals surface area contributed by atoms with Crippen molar-refractivity contribution in [2.45, 2.75) is 19.3 Å². The summed E-state index contributed by atoms with van der Waals surface area (Å²) in [6.45, 7) is 2.00. The summed E-state index contributed by atoms with van der Waals surface area (Å²) in [6.07, 6.45) is 5.70. The van der Waals surface area contributed by atoms with Gasteiger partial charge in [0.15, 0.2) is 0 Å². The highest BCUT2D eigenvalue weighted by atomic mass is 32.2. The second-order valence-corrected chi connectivity index (χ2v) is 6.86. The molecule has 1 aromatic heterocycles. The molecule has 7 heteroatoms. The van der Waals surface area contributed by atoms with Crippen LogP contribution in [0.1, 0.15) is 25.0 Å². The lowest BCUT2D eigenvalue weighted by Gasteiger charge is -2.18. The van der Waals surface area contributed by atoms with Crippen LogP contribution in [0.25, 0.3) is 6.08 Å². The van der Waals surface area contributed by atoms with Gasteiger partial charge in [0, 0.05) is 32.1 Å². The Balaban J connectivity index is 1.61. The summed E-state index contributed by atoms with van der Waals surface area (Å²) in [7, 11) is 0. The molecule has 2 aliphatic rings. The Morgan fingerprint density at radius 1 is 1.41 bits per heavy atom. The molecule has 1 aromatic rings. The second kappa shape index (κ2) is 6.66. The number of hydrogen-bond donors (Lipinski definition) is 0. The molecular weight excluding hydrogens is 320 g/mol. The molecule has 0 N–H and O–H groups in total. The maximum Gasteiger partial charge on any atom is 0.266 e. The number of carbonyl (C=O) groups is 2. The average molecular weight is 336 g/mol. The molecule has 22 heavy (non-hydrogen) atoms. The lowest BCUT2D eigenvalue weighted by atomic mass is 10.3. The fourth-order valence-corrected chi connectivity index (χ4v) is 3.82. The predicted octanol–water partition coefficient (Wildman–Crippen LogP) is 2.49. The van der Waals surface area contributed by atoms with Crippen molar-refractivity contribution in [3.63, 3.8) is 0 Å². The number of thiocarbonyl (C=S) groups is 1. The summed E-state index contributed by atoms with van der Waals surface area (Å²) in [6, 6.07) is 3.55. The summed E-state index contributed by atoms with van der Waals surface area (Å²) in [5, 5.41) is 0. The molecule has 0 radical (unpaired) electrons.